The minimum atomic E-state index is -0.336. The Morgan fingerprint density at radius 1 is 1.35 bits per heavy atom. The number of halogens is 2. The van der Waals surface area contributed by atoms with Gasteiger partial charge in [-0.3, -0.25) is 0 Å². The summed E-state index contributed by atoms with van der Waals surface area (Å²) in [7, 11) is 0. The fourth-order valence-corrected chi connectivity index (χ4v) is 1.95. The molecule has 0 radical (unpaired) electrons. The van der Waals surface area contributed by atoms with Gasteiger partial charge < -0.3 is 16.0 Å². The molecule has 0 fully saturated rings. The van der Waals surface area contributed by atoms with E-state index >= 15 is 0 Å². The number of nitrogens with one attached hydrogen (secondary N) is 1. The maximum Gasteiger partial charge on any atom is 0.139 e. The molecule has 1 rings (SSSR count). The van der Waals surface area contributed by atoms with Gasteiger partial charge in [-0.05, 0) is 35.1 Å². The van der Waals surface area contributed by atoms with Gasteiger partial charge in [-0.15, -0.1) is 0 Å². The molecule has 5 heteroatoms. The molecular weight excluding hydrogens is 285 g/mol. The van der Waals surface area contributed by atoms with Crippen LogP contribution in [0.1, 0.15) is 13.8 Å². The average molecular weight is 304 g/mol. The van der Waals surface area contributed by atoms with Crippen LogP contribution in [0.25, 0.3) is 0 Å². The smallest absolute Gasteiger partial charge is 0.139 e. The van der Waals surface area contributed by atoms with Gasteiger partial charge in [0.15, 0.2) is 0 Å². The molecule has 0 atom stereocenters. The quantitative estimate of drug-likeness (QED) is 0.794. The summed E-state index contributed by atoms with van der Waals surface area (Å²) < 4.78 is 13.6. The van der Waals surface area contributed by atoms with Gasteiger partial charge in [0.05, 0.1) is 15.8 Å². The summed E-state index contributed by atoms with van der Waals surface area (Å²) >= 11 is 3.15. The predicted molar refractivity (Wildman–Crippen MR) is 74.8 cm³/mol. The molecule has 0 heterocycles. The zero-order valence-electron chi connectivity index (χ0n) is 10.3. The molecule has 1 aromatic rings. The van der Waals surface area contributed by atoms with Crippen LogP contribution in [0.5, 0.6) is 0 Å². The van der Waals surface area contributed by atoms with E-state index in [1.54, 1.807) is 6.07 Å². The predicted octanol–water partition coefficient (Wildman–Crippen LogP) is 2.92. The Balaban J connectivity index is 2.55. The third-order valence-electron chi connectivity index (χ3n) is 2.73. The first-order chi connectivity index (χ1) is 8.08. The Hall–Kier alpha value is -0.810. The van der Waals surface area contributed by atoms with Gasteiger partial charge in [0.1, 0.15) is 5.82 Å². The van der Waals surface area contributed by atoms with E-state index in [2.05, 4.69) is 40.0 Å². The Labute approximate surface area is 110 Å². The van der Waals surface area contributed by atoms with E-state index in [0.29, 0.717) is 10.2 Å². The van der Waals surface area contributed by atoms with Crippen molar-refractivity contribution in [2.45, 2.75) is 13.8 Å². The minimum Gasteiger partial charge on any atom is -0.397 e. The molecule has 17 heavy (non-hydrogen) atoms. The number of rotatable bonds is 6. The van der Waals surface area contributed by atoms with Crippen molar-refractivity contribution in [1.82, 2.24) is 4.90 Å². The van der Waals surface area contributed by atoms with Crippen molar-refractivity contribution < 1.29 is 4.39 Å². The summed E-state index contributed by atoms with van der Waals surface area (Å²) in [6.45, 7) is 8.06. The molecule has 3 nitrogen and oxygen atoms in total. The van der Waals surface area contributed by atoms with Crippen molar-refractivity contribution in [2.24, 2.45) is 0 Å². The van der Waals surface area contributed by atoms with Gasteiger partial charge in [-0.1, -0.05) is 13.8 Å². The third kappa shape index (κ3) is 4.16. The second-order valence-electron chi connectivity index (χ2n) is 3.81. The minimum absolute atomic E-state index is 0.336. The van der Waals surface area contributed by atoms with Gasteiger partial charge in [-0.25, -0.2) is 4.39 Å². The summed E-state index contributed by atoms with van der Waals surface area (Å²) in [6.07, 6.45) is 0. The zero-order valence-corrected chi connectivity index (χ0v) is 11.8. The maximum atomic E-state index is 13.2. The molecule has 0 aliphatic rings. The van der Waals surface area contributed by atoms with Crippen LogP contribution < -0.4 is 11.1 Å². The molecule has 0 unspecified atom stereocenters. The maximum absolute atomic E-state index is 13.2. The van der Waals surface area contributed by atoms with Crippen molar-refractivity contribution in [2.75, 3.05) is 37.2 Å². The Morgan fingerprint density at radius 2 is 2.00 bits per heavy atom. The molecule has 0 saturated carbocycles. The van der Waals surface area contributed by atoms with Gasteiger partial charge in [0, 0.05) is 19.2 Å². The highest BCUT2D eigenvalue weighted by Gasteiger charge is 2.06. The average Bonchev–Trinajstić information content (AvgIpc) is 2.31. The van der Waals surface area contributed by atoms with E-state index in [1.165, 1.54) is 6.07 Å². The molecule has 3 N–H and O–H groups in total. The van der Waals surface area contributed by atoms with Crippen LogP contribution >= 0.6 is 15.9 Å². The van der Waals surface area contributed by atoms with Crippen LogP contribution in [0.3, 0.4) is 0 Å². The molecule has 0 aromatic heterocycles. The van der Waals surface area contributed by atoms with Gasteiger partial charge in [0.25, 0.3) is 0 Å². The second-order valence-corrected chi connectivity index (χ2v) is 4.66. The Morgan fingerprint density at radius 3 is 2.59 bits per heavy atom. The van der Waals surface area contributed by atoms with Crippen molar-refractivity contribution >= 4 is 27.3 Å². The van der Waals surface area contributed by atoms with E-state index in [0.717, 1.165) is 31.9 Å². The number of benzene rings is 1. The molecule has 0 aliphatic carbocycles. The fourth-order valence-electron chi connectivity index (χ4n) is 1.60. The topological polar surface area (TPSA) is 41.3 Å². The van der Waals surface area contributed by atoms with Crippen molar-refractivity contribution in [1.29, 1.82) is 0 Å². The fraction of sp³-hybridized carbons (Fsp3) is 0.500. The number of hydrogen-bond donors (Lipinski definition) is 2. The van der Waals surface area contributed by atoms with Crippen LogP contribution in [-0.4, -0.2) is 31.1 Å². The molecular formula is C12H19BrFN3. The van der Waals surface area contributed by atoms with Crippen LogP contribution in [0.2, 0.25) is 0 Å². The van der Waals surface area contributed by atoms with Crippen LogP contribution in [0, 0.1) is 5.82 Å². The molecule has 0 saturated heterocycles. The highest BCUT2D eigenvalue weighted by molar-refractivity contribution is 9.10. The summed E-state index contributed by atoms with van der Waals surface area (Å²) in [4.78, 5) is 2.31. The van der Waals surface area contributed by atoms with E-state index in [4.69, 9.17) is 5.73 Å². The lowest BCUT2D eigenvalue weighted by Crippen LogP contribution is -2.28. The number of likely N-dealkylation sites (N-methyl/N-ethyl adjacent to an activating group) is 1. The zero-order chi connectivity index (χ0) is 12.8. The molecule has 96 valence electrons. The largest absolute Gasteiger partial charge is 0.397 e. The first kappa shape index (κ1) is 14.3. The normalized spacial score (nSPS) is 10.9. The number of hydrogen-bond acceptors (Lipinski definition) is 3. The summed E-state index contributed by atoms with van der Waals surface area (Å²) in [5.41, 5.74) is 6.94. The lowest BCUT2D eigenvalue weighted by molar-refractivity contribution is 0.316. The van der Waals surface area contributed by atoms with E-state index in [9.17, 15) is 4.39 Å². The number of anilines is 2. The van der Waals surface area contributed by atoms with Crippen LogP contribution in [0.4, 0.5) is 15.8 Å². The monoisotopic (exact) mass is 303 g/mol. The highest BCUT2D eigenvalue weighted by Crippen LogP contribution is 2.26. The van der Waals surface area contributed by atoms with Crippen LogP contribution in [-0.2, 0) is 0 Å². The van der Waals surface area contributed by atoms with Gasteiger partial charge >= 0.3 is 0 Å². The standard InChI is InChI=1S/C12H19BrFN3/c1-3-17(4-2)6-5-16-12-7-9(13)10(14)8-11(12)15/h7-8,16H,3-6,15H2,1-2H3. The first-order valence-electron chi connectivity index (χ1n) is 5.79. The first-order valence-corrected chi connectivity index (χ1v) is 6.58. The SMILES string of the molecule is CCN(CC)CCNc1cc(Br)c(F)cc1N. The Bertz CT molecular complexity index is 367. The highest BCUT2D eigenvalue weighted by atomic mass is 79.9. The molecule has 0 spiro atoms. The van der Waals surface area contributed by atoms with Crippen LogP contribution in [0.15, 0.2) is 16.6 Å². The molecule has 0 amide bonds. The Kier molecular flexibility index (Phi) is 5.71. The lowest BCUT2D eigenvalue weighted by Gasteiger charge is -2.19. The molecule has 1 aromatic carbocycles. The van der Waals surface area contributed by atoms with E-state index in [-0.39, 0.29) is 5.82 Å². The summed E-state index contributed by atoms with van der Waals surface area (Å²) in [5.74, 6) is -0.336. The number of nitrogens with zero attached hydrogens (tertiary/aromatic N) is 1. The lowest BCUT2D eigenvalue weighted by atomic mass is 10.2. The van der Waals surface area contributed by atoms with Crippen molar-refractivity contribution in [3.8, 4) is 0 Å². The molecule has 0 aliphatic heterocycles. The van der Waals surface area contributed by atoms with Crippen molar-refractivity contribution in [3.63, 3.8) is 0 Å². The van der Waals surface area contributed by atoms with E-state index < -0.39 is 0 Å². The summed E-state index contributed by atoms with van der Waals surface area (Å²) in [6, 6.07) is 3.00. The van der Waals surface area contributed by atoms with Crippen molar-refractivity contribution in [3.05, 3.63) is 22.4 Å². The number of nitrogens with two attached hydrogens (primary N) is 1. The second kappa shape index (κ2) is 6.81. The van der Waals surface area contributed by atoms with Gasteiger partial charge in [-0.2, -0.15) is 0 Å². The van der Waals surface area contributed by atoms with E-state index in [1.807, 2.05) is 0 Å². The third-order valence-corrected chi connectivity index (χ3v) is 3.34. The van der Waals surface area contributed by atoms with Gasteiger partial charge in [0.2, 0.25) is 0 Å². The molecule has 0 bridgehead atoms. The summed E-state index contributed by atoms with van der Waals surface area (Å²) in [5, 5.41) is 3.22. The number of nitrogen functional groups attached to an aromatic ring is 1.